The number of ketones is 1. The number of nitrogen functional groups attached to an aromatic ring is 1. The molecule has 0 fully saturated rings. The molecule has 0 aliphatic heterocycles. The first kappa shape index (κ1) is 20.5. The Morgan fingerprint density at radius 1 is 1.33 bits per heavy atom. The molecule has 4 nitrogen and oxygen atoms in total. The summed E-state index contributed by atoms with van der Waals surface area (Å²) in [6.07, 6.45) is 0. The molecular formula is C14H12FN3OWY-2. The third-order valence-corrected chi connectivity index (χ3v) is 2.71. The standard InChI is InChI=1S/C14H12FN3O.W.Y/c1-7-4-5-11(15)10(6-7)14-17-12(9(3)19)8(2)13(16)18-14;;/h5H,1-3H3,(H2,16,17,18);;/q-2;;. The summed E-state index contributed by atoms with van der Waals surface area (Å²) in [5.74, 6) is -0.577. The number of aromatic nitrogens is 2. The Kier molecular flexibility index (Phi) is 8.01. The van der Waals surface area contributed by atoms with E-state index in [1.807, 2.05) is 0 Å². The van der Waals surface area contributed by atoms with E-state index in [0.29, 0.717) is 11.1 Å². The molecule has 2 N–H and O–H groups in total. The average molecular weight is 530 g/mol. The van der Waals surface area contributed by atoms with Gasteiger partial charge >= 0.3 is 0 Å². The summed E-state index contributed by atoms with van der Waals surface area (Å²) in [7, 11) is 0. The summed E-state index contributed by atoms with van der Waals surface area (Å²) in [6.45, 7) is 4.76. The largest absolute Gasteiger partial charge is 0.385 e. The van der Waals surface area contributed by atoms with Crippen LogP contribution in [0, 0.1) is 31.8 Å². The third kappa shape index (κ3) is 4.48. The Morgan fingerprint density at radius 3 is 2.52 bits per heavy atom. The number of Topliss-reactive ketones (excluding diaryl/α,β-unsaturated/α-hetero) is 1. The Bertz CT molecular complexity index is 680. The van der Waals surface area contributed by atoms with Gasteiger partial charge in [-0.05, 0) is 12.7 Å². The number of carbonyl (C=O) groups excluding carboxylic acids is 1. The Hall–Kier alpha value is -0.508. The average Bonchev–Trinajstić information content (AvgIpc) is 2.35. The molecule has 2 aromatic rings. The van der Waals surface area contributed by atoms with Crippen LogP contribution >= 0.6 is 0 Å². The minimum absolute atomic E-state index is 0. The van der Waals surface area contributed by atoms with Crippen LogP contribution in [0.15, 0.2) is 6.07 Å². The van der Waals surface area contributed by atoms with Crippen LogP contribution in [0.5, 0.6) is 0 Å². The predicted molar refractivity (Wildman–Crippen MR) is 69.0 cm³/mol. The number of nitrogens with zero attached hydrogens (tertiary/aromatic N) is 2. The molecular weight excluding hydrogens is 518 g/mol. The van der Waals surface area contributed by atoms with E-state index in [1.54, 1.807) is 13.8 Å². The molecule has 0 atom stereocenters. The van der Waals surface area contributed by atoms with Gasteiger partial charge in [-0.2, -0.15) is 0 Å². The second-order valence-corrected chi connectivity index (χ2v) is 4.22. The zero-order valence-electron chi connectivity index (χ0n) is 11.8. The first-order chi connectivity index (χ1) is 8.90. The number of hydrogen-bond acceptors (Lipinski definition) is 4. The van der Waals surface area contributed by atoms with Crippen molar-refractivity contribution in [3.05, 3.63) is 40.8 Å². The fourth-order valence-electron chi connectivity index (χ4n) is 1.68. The molecule has 1 aromatic carbocycles. The zero-order chi connectivity index (χ0) is 14.2. The van der Waals surface area contributed by atoms with Gasteiger partial charge in [-0.25, -0.2) is 17.2 Å². The first-order valence-corrected chi connectivity index (χ1v) is 5.65. The predicted octanol–water partition coefficient (Wildman–Crippen LogP) is 2.28. The molecule has 1 radical (unpaired) electrons. The monoisotopic (exact) mass is 530 g/mol. The maximum atomic E-state index is 13.8. The van der Waals surface area contributed by atoms with Crippen molar-refractivity contribution in [1.82, 2.24) is 9.97 Å². The summed E-state index contributed by atoms with van der Waals surface area (Å²) < 4.78 is 13.8. The number of hydrogen-bond donors (Lipinski definition) is 1. The quantitative estimate of drug-likeness (QED) is 0.479. The van der Waals surface area contributed by atoms with Crippen molar-refractivity contribution in [2.75, 3.05) is 5.73 Å². The fourth-order valence-corrected chi connectivity index (χ4v) is 1.68. The minimum Gasteiger partial charge on any atom is -0.385 e. The molecule has 2 rings (SSSR count). The van der Waals surface area contributed by atoms with Crippen LogP contribution in [0.1, 0.15) is 28.5 Å². The molecule has 7 heteroatoms. The Balaban J connectivity index is 0.00000200. The number of benzene rings is 1. The molecule has 0 unspecified atom stereocenters. The minimum atomic E-state index is -0.552. The maximum absolute atomic E-state index is 13.8. The van der Waals surface area contributed by atoms with E-state index in [9.17, 15) is 9.18 Å². The summed E-state index contributed by atoms with van der Waals surface area (Å²) in [5.41, 5.74) is 7.15. The normalized spacial score (nSPS) is 9.52. The maximum Gasteiger partial charge on any atom is 0.176 e. The smallest absolute Gasteiger partial charge is 0.176 e. The van der Waals surface area contributed by atoms with Crippen LogP contribution in [0.25, 0.3) is 11.4 Å². The van der Waals surface area contributed by atoms with E-state index in [0.717, 1.165) is 0 Å². The number of nitrogens with two attached hydrogens (primary N) is 1. The number of rotatable bonds is 2. The van der Waals surface area contributed by atoms with Crippen LogP contribution in [0.3, 0.4) is 0 Å². The molecule has 0 spiro atoms. The van der Waals surface area contributed by atoms with Gasteiger partial charge < -0.3 is 20.1 Å². The second kappa shape index (κ2) is 8.21. The topological polar surface area (TPSA) is 68.9 Å². The summed E-state index contributed by atoms with van der Waals surface area (Å²) in [6, 6.07) is 6.66. The van der Waals surface area contributed by atoms with E-state index in [4.69, 9.17) is 5.73 Å². The van der Waals surface area contributed by atoms with Gasteiger partial charge in [-0.1, -0.05) is 12.7 Å². The van der Waals surface area contributed by atoms with Gasteiger partial charge in [-0.3, -0.25) is 16.9 Å². The zero-order valence-corrected chi connectivity index (χ0v) is 17.6. The van der Waals surface area contributed by atoms with Crippen molar-refractivity contribution in [3.8, 4) is 11.4 Å². The Morgan fingerprint density at radius 2 is 1.95 bits per heavy atom. The van der Waals surface area contributed by atoms with Crippen molar-refractivity contribution >= 4 is 11.6 Å². The van der Waals surface area contributed by atoms with Gasteiger partial charge in [0, 0.05) is 66.3 Å². The van der Waals surface area contributed by atoms with Gasteiger partial charge in [0.1, 0.15) is 5.82 Å². The molecule has 0 aliphatic rings. The van der Waals surface area contributed by atoms with Crippen LogP contribution in [0.4, 0.5) is 10.2 Å². The number of anilines is 1. The number of halogens is 1. The van der Waals surface area contributed by atoms with Gasteiger partial charge in [-0.15, -0.1) is 0 Å². The van der Waals surface area contributed by atoms with Crippen LogP contribution < -0.4 is 5.73 Å². The molecule has 0 bridgehead atoms. The van der Waals surface area contributed by atoms with E-state index < -0.39 is 5.82 Å². The fraction of sp³-hybridized carbons (Fsp3) is 0.214. The van der Waals surface area contributed by atoms with E-state index >= 15 is 0 Å². The molecule has 0 amide bonds. The molecule has 0 aliphatic carbocycles. The molecule has 0 saturated heterocycles. The van der Waals surface area contributed by atoms with E-state index in [2.05, 4.69) is 22.1 Å². The van der Waals surface area contributed by atoms with Crippen molar-refractivity contribution < 1.29 is 63.0 Å². The summed E-state index contributed by atoms with van der Waals surface area (Å²) >= 11 is 0. The van der Waals surface area contributed by atoms with Crippen molar-refractivity contribution in [3.63, 3.8) is 0 Å². The summed E-state index contributed by atoms with van der Waals surface area (Å²) in [4.78, 5) is 19.6. The van der Waals surface area contributed by atoms with E-state index in [1.165, 1.54) is 13.0 Å². The van der Waals surface area contributed by atoms with Crippen LogP contribution in [0.2, 0.25) is 0 Å². The van der Waals surface area contributed by atoms with Crippen LogP contribution in [-0.4, -0.2) is 15.8 Å². The van der Waals surface area contributed by atoms with Gasteiger partial charge in [0.25, 0.3) is 0 Å². The van der Waals surface area contributed by atoms with Crippen molar-refractivity contribution in [1.29, 1.82) is 0 Å². The van der Waals surface area contributed by atoms with Crippen molar-refractivity contribution in [2.24, 2.45) is 0 Å². The number of aryl methyl sites for hydroxylation is 1. The molecule has 1 aromatic heterocycles. The van der Waals surface area contributed by atoms with Gasteiger partial charge in [0.05, 0.1) is 5.69 Å². The summed E-state index contributed by atoms with van der Waals surface area (Å²) in [5, 5.41) is 0. The molecule has 107 valence electrons. The first-order valence-electron chi connectivity index (χ1n) is 5.65. The second-order valence-electron chi connectivity index (χ2n) is 4.22. The Labute approximate surface area is 162 Å². The molecule has 0 saturated carbocycles. The van der Waals surface area contributed by atoms with Gasteiger partial charge in [0.2, 0.25) is 0 Å². The van der Waals surface area contributed by atoms with Crippen LogP contribution in [-0.2, 0) is 53.8 Å². The van der Waals surface area contributed by atoms with Gasteiger partial charge in [0.15, 0.2) is 5.78 Å². The SMILES string of the molecule is CC(=O)c1nc(-c2[c-]c(C)[c-]cc2F)nc(N)c1C.[W].[Y]. The van der Waals surface area contributed by atoms with Crippen molar-refractivity contribution in [2.45, 2.75) is 20.8 Å². The molecule has 1 heterocycles. The number of carbonyl (C=O) groups is 1. The van der Waals surface area contributed by atoms with E-state index in [-0.39, 0.29) is 82.5 Å². The molecule has 21 heavy (non-hydrogen) atoms. The third-order valence-electron chi connectivity index (χ3n) is 2.71.